The normalized spacial score (nSPS) is 26.8. The predicted octanol–water partition coefficient (Wildman–Crippen LogP) is 16.6. The van der Waals surface area contributed by atoms with Gasteiger partial charge in [-0.1, -0.05) is 97.5 Å². The van der Waals surface area contributed by atoms with Gasteiger partial charge in [0.2, 0.25) is 25.0 Å². The maximum absolute atomic E-state index is 13.0. The first-order chi connectivity index (χ1) is 60.3. The summed E-state index contributed by atoms with van der Waals surface area (Å²) in [5.41, 5.74) is 14.9. The molecule has 12 fully saturated rings. The van der Waals surface area contributed by atoms with Crippen LogP contribution in [-0.2, 0) is 83.8 Å². The van der Waals surface area contributed by atoms with E-state index in [9.17, 15) is 45.6 Å². The van der Waals surface area contributed by atoms with Crippen LogP contribution in [0.3, 0.4) is 0 Å². The van der Waals surface area contributed by atoms with Gasteiger partial charge in [0.25, 0.3) is 0 Å². The molecule has 2 amide bonds. The zero-order chi connectivity index (χ0) is 92.8. The summed E-state index contributed by atoms with van der Waals surface area (Å²) in [6, 6.07) is 28.8. The number of carbonyl (C=O) groups is 6. The molecule has 16 aliphatic rings. The number of nitrogens with zero attached hydrogens (tertiary/aromatic N) is 6. The van der Waals surface area contributed by atoms with Gasteiger partial charge in [-0.25, -0.2) is 45.8 Å². The van der Waals surface area contributed by atoms with Gasteiger partial charge in [0.15, 0.2) is 0 Å². The van der Waals surface area contributed by atoms with Gasteiger partial charge < -0.3 is 47.5 Å². The minimum Gasteiger partial charge on any atom is -0.793 e. The smallest absolute Gasteiger partial charge is 0.793 e. The largest absolute Gasteiger partial charge is 1.00 e. The van der Waals surface area contributed by atoms with Crippen molar-refractivity contribution >= 4 is 132 Å². The number of amides is 2. The minimum absolute atomic E-state index is 0. The quantitative estimate of drug-likeness (QED) is 0.0632. The third-order valence-corrected chi connectivity index (χ3v) is 31.8. The van der Waals surface area contributed by atoms with E-state index in [1.807, 2.05) is 63.5 Å². The number of anilines is 4. The van der Waals surface area contributed by atoms with E-state index in [1.54, 1.807) is 9.87 Å². The van der Waals surface area contributed by atoms with Gasteiger partial charge in [-0.2, -0.15) is 0 Å². The Kier molecular flexibility index (Phi) is 38.7. The first-order valence-electron chi connectivity index (χ1n) is 47.2. The van der Waals surface area contributed by atoms with E-state index in [0.29, 0.717) is 23.7 Å². The number of ether oxygens (including phenoxy) is 2. The molecule has 0 aromatic heterocycles. The Labute approximate surface area is 827 Å². The van der Waals surface area contributed by atoms with Gasteiger partial charge in [0.05, 0.1) is 34.9 Å². The number of fused-ring (bicyclic) bond motifs is 16. The van der Waals surface area contributed by atoms with Crippen LogP contribution >= 0.6 is 46.3 Å². The molecule has 131 heavy (non-hydrogen) atoms. The zero-order valence-corrected chi connectivity index (χ0v) is 86.9. The summed E-state index contributed by atoms with van der Waals surface area (Å²) < 4.78 is 60.2. The number of aryl methyl sites for hydroxylation is 4. The summed E-state index contributed by atoms with van der Waals surface area (Å²) in [7, 11) is 2.41. The van der Waals surface area contributed by atoms with Crippen LogP contribution in [0.1, 0.15) is 268 Å². The molecule has 4 aromatic carbocycles. The van der Waals surface area contributed by atoms with Crippen LogP contribution in [0.15, 0.2) is 72.8 Å². The fourth-order valence-electron chi connectivity index (χ4n) is 24.8. The molecule has 3 radical (unpaired) electrons. The van der Waals surface area contributed by atoms with Crippen molar-refractivity contribution in [2.45, 2.75) is 303 Å². The molecule has 8 aliphatic heterocycles. The van der Waals surface area contributed by atoms with Crippen molar-refractivity contribution in [1.82, 2.24) is 20.0 Å². The molecule has 8 heterocycles. The van der Waals surface area contributed by atoms with Crippen LogP contribution < -0.4 is 54.3 Å². The Morgan fingerprint density at radius 3 is 1.12 bits per heavy atom. The van der Waals surface area contributed by atoms with Gasteiger partial charge in [-0.3, -0.25) is 23.7 Å². The Morgan fingerprint density at radius 1 is 0.481 bits per heavy atom. The molecule has 31 heteroatoms. The Bertz CT molecular complexity index is 4800. The molecule has 4 spiro atoms. The van der Waals surface area contributed by atoms with Gasteiger partial charge in [-0.05, 0) is 338 Å². The summed E-state index contributed by atoms with van der Waals surface area (Å²) >= 11 is 9.53. The number of carbonyl (C=O) groups excluding carboxylic acids is 6. The molecule has 8 aliphatic carbocycles. The number of nitrogens with one attached hydrogen (secondary N) is 2. The van der Waals surface area contributed by atoms with Gasteiger partial charge in [-0.15, -0.1) is 35.6 Å². The monoisotopic (exact) mass is 1940 g/mol. The molecule has 23 nitrogen and oxygen atoms in total. The molecular weight excluding hydrogens is 1790 g/mol. The molecule has 0 unspecified atom stereocenters. The molecule has 4 saturated heterocycles. The first-order valence-corrected chi connectivity index (χ1v) is 52.8. The van der Waals surface area contributed by atoms with E-state index < -0.39 is 48.2 Å². The zero-order valence-electron chi connectivity index (χ0n) is 80.2. The molecule has 4 aromatic rings. The van der Waals surface area contributed by atoms with Crippen molar-refractivity contribution in [3.63, 3.8) is 0 Å². The maximum atomic E-state index is 13.0. The average molecular weight is 1940 g/mol. The van der Waals surface area contributed by atoms with Crippen molar-refractivity contribution in [2.24, 2.45) is 47.3 Å². The van der Waals surface area contributed by atoms with Crippen molar-refractivity contribution in [2.75, 3.05) is 116 Å². The number of hydrogen-bond acceptors (Lipinski definition) is 20. The Hall–Kier alpha value is -4.94. The fraction of sp³-hybridized carbons (Fsp3) is 0.700. The molecule has 8 saturated carbocycles. The van der Waals surface area contributed by atoms with Gasteiger partial charge in [0, 0.05) is 115 Å². The number of piperidine rings is 4. The second-order valence-electron chi connectivity index (χ2n) is 42.2. The van der Waals surface area contributed by atoms with E-state index in [-0.39, 0.29) is 83.2 Å². The van der Waals surface area contributed by atoms with E-state index in [2.05, 4.69) is 147 Å². The standard InChI is InChI=1S/C25H36N2O2.C21H30N2O2S.C20H28N2.C18H26N2O2.C7H10O.C4H6O4.C2H3BO2.CH2Cl2.CH3ClO2S.CH4.ClH.Na/c1-17-5-8-21-20(13-17)25(16-27(21)23(28)29-24(2,3)4)9-11-26(12-10-25)22-15-18-6-7-19(22)14-18;1-15-3-6-19-18(11-15)21(14-23(19)26(2,24)25)7-9-22(10-8-21)20-13-16-4-5-17(20)12-16;1-14-2-5-18-17(10-14)20(13-21-18)6-8-22(9-7-20)19-12-15-3-4-16(19)11-15;1-13-5-6-15-14(11-13)18(7-9-19-10-8-18)12-20(15)16(21)22-17(2,3)4;8-7-4-5-1-2-6(7)3-5;1-3(5)7-8-4(2)6;1-2(4)5-3;2-1-3;1-5(2,3)4;;;/h5,8,13,18-19,22H,6-7,9-12,14-16H2,1-4H3;3,6,11,16-17,20H,4-5,7-10,12-14H2,1-2H3;2,5,10,15-16,19,21H,3-4,6-9,11-13H2,1H3;5-6,11,19H,7-10,12H2,1-4H3;5-6H,1-4H2;1-2H3;1H3;1H2;1H3;1H4;1H;/q;;;;;;-1;;;;;+1/t18-,19+,22-;16-,17+,20-;15-,16+,19-;;5-,6+;;;;;;;/m000.0......./s1. The fourth-order valence-corrected chi connectivity index (χ4v) is 25.7. The van der Waals surface area contributed by atoms with Crippen LogP contribution in [-0.4, -0.2) is 201 Å². The van der Waals surface area contributed by atoms with Crippen molar-refractivity contribution in [1.29, 1.82) is 0 Å². The maximum Gasteiger partial charge on any atom is 1.00 e. The number of rotatable bonds is 4. The second-order valence-corrected chi connectivity index (χ2v) is 47.9. The summed E-state index contributed by atoms with van der Waals surface area (Å²) in [6.07, 6.45) is 33.5. The number of ketones is 1. The molecule has 2 N–H and O–H groups in total. The van der Waals surface area contributed by atoms with E-state index in [0.717, 1.165) is 187 Å². The van der Waals surface area contributed by atoms with Crippen LogP contribution in [0.2, 0.25) is 0 Å². The van der Waals surface area contributed by atoms with Crippen molar-refractivity contribution < 1.29 is 99.1 Å². The van der Waals surface area contributed by atoms with E-state index in [4.69, 9.17) is 32.7 Å². The van der Waals surface area contributed by atoms with Crippen molar-refractivity contribution in [3.05, 3.63) is 117 Å². The summed E-state index contributed by atoms with van der Waals surface area (Å²) in [5, 5.41) is 7.30. The Balaban J connectivity index is 0.000000178. The molecular formula is C100H149BCl4N8NaO15S2. The topological polar surface area (TPSA) is 260 Å². The number of hydrogen-bond donors (Lipinski definition) is 2. The van der Waals surface area contributed by atoms with Gasteiger partial charge in [0.1, 0.15) is 17.0 Å². The third kappa shape index (κ3) is 27.8. The number of likely N-dealkylation sites (tertiary alicyclic amines) is 3. The minimum atomic E-state index is -3.22. The number of sulfonamides is 1. The molecule has 20 rings (SSSR count). The Morgan fingerprint density at radius 2 is 0.817 bits per heavy atom. The molecule has 723 valence electrons. The van der Waals surface area contributed by atoms with Crippen LogP contribution in [0.4, 0.5) is 32.3 Å². The van der Waals surface area contributed by atoms with Gasteiger partial charge >= 0.3 is 53.7 Å². The molecule has 8 bridgehead atoms. The van der Waals surface area contributed by atoms with Crippen LogP contribution in [0.5, 0.6) is 0 Å². The van der Waals surface area contributed by atoms with Crippen molar-refractivity contribution in [3.8, 4) is 0 Å². The number of alkyl halides is 2. The summed E-state index contributed by atoms with van der Waals surface area (Å²) in [6.45, 7) is 36.3. The summed E-state index contributed by atoms with van der Waals surface area (Å²) in [5.74, 6) is 6.07. The second kappa shape index (κ2) is 46.2. The number of halogens is 4. The average Bonchev–Trinajstić information content (AvgIpc) is 1.57. The number of benzene rings is 4. The van der Waals surface area contributed by atoms with E-state index >= 15 is 0 Å². The molecule has 11 atom stereocenters. The first kappa shape index (κ1) is 110. The van der Waals surface area contributed by atoms with Crippen LogP contribution in [0.25, 0.3) is 0 Å². The number of Topliss-reactive ketones (excluding diaryl/α,β-unsaturated/α-hetero) is 1. The predicted molar refractivity (Wildman–Crippen MR) is 524 cm³/mol. The SMILES string of the molecule is C.CC(=O)OOC(C)=O.CS(=O)(=O)Cl.Cc1ccc2c(c1)C1(CCN([C@H]3C[C@H]4CC[C@@H]3C4)CC1)CN2.Cc1ccc2c(c1)C1(CCN([C@H]3C[C@H]4CC[C@@H]3C4)CC1)CN2C(=O)OC(C)(C)C.Cc1ccc2c(c1)C1(CCN([C@H]3C[C@H]4CC[C@@H]3C4)CC1)CN2S(C)(=O)=O.Cc1ccc2c(c1)C1(CCNCC1)CN2C(=O)OC(C)(C)C.Cl.ClCCl.O=C1C[C@H]2CC[C@@H]1C2.[B-]OC(C)=O.[Na+]. The third-order valence-electron chi connectivity index (χ3n) is 30.6. The summed E-state index contributed by atoms with van der Waals surface area (Å²) in [4.78, 5) is 85.4. The van der Waals surface area contributed by atoms with E-state index in [1.165, 1.54) is 193 Å². The van der Waals surface area contributed by atoms with Crippen LogP contribution in [0, 0.1) is 75.0 Å².